The minimum atomic E-state index is 0. The Labute approximate surface area is 154 Å². The molecule has 0 aliphatic carbocycles. The summed E-state index contributed by atoms with van der Waals surface area (Å²) in [4.78, 5) is 4.57. The molecule has 2 saturated heterocycles. The molecule has 132 valence electrons. The molecular formula is C17H24Cl2N4O. The molecule has 7 heteroatoms. The van der Waals surface area contributed by atoms with E-state index < -0.39 is 0 Å². The first-order valence-electron chi connectivity index (χ1n) is 8.18. The highest BCUT2D eigenvalue weighted by Gasteiger charge is 2.34. The van der Waals surface area contributed by atoms with Gasteiger partial charge in [-0.15, -0.1) is 24.8 Å². The lowest BCUT2D eigenvalue weighted by Crippen LogP contribution is -2.38. The maximum Gasteiger partial charge on any atom is 0.227 e. The normalized spacial score (nSPS) is 25.0. The van der Waals surface area contributed by atoms with Gasteiger partial charge in [0.15, 0.2) is 0 Å². The van der Waals surface area contributed by atoms with E-state index in [1.54, 1.807) is 0 Å². The highest BCUT2D eigenvalue weighted by Crippen LogP contribution is 2.32. The second-order valence-electron chi connectivity index (χ2n) is 6.59. The fraction of sp³-hybridized carbons (Fsp3) is 0.529. The number of aromatic nitrogens is 2. The van der Waals surface area contributed by atoms with Gasteiger partial charge in [-0.25, -0.2) is 0 Å². The van der Waals surface area contributed by atoms with Crippen molar-refractivity contribution in [3.05, 3.63) is 35.7 Å². The van der Waals surface area contributed by atoms with Gasteiger partial charge in [-0.3, -0.25) is 0 Å². The molecule has 2 atom stereocenters. The molecule has 4 rings (SSSR count). The number of fused-ring (bicyclic) bond motifs is 2. The SMILES string of the molecule is Cl.Cl.NCc1ccc(-c2noc(CC3CC4CCC(C3)N4)n2)cc1. The maximum atomic E-state index is 5.62. The highest BCUT2D eigenvalue weighted by molar-refractivity contribution is 5.85. The van der Waals surface area contributed by atoms with E-state index in [0.717, 1.165) is 23.4 Å². The summed E-state index contributed by atoms with van der Waals surface area (Å²) >= 11 is 0. The van der Waals surface area contributed by atoms with Crippen LogP contribution in [0.1, 0.15) is 37.1 Å². The number of rotatable bonds is 4. The van der Waals surface area contributed by atoms with Gasteiger partial charge in [-0.05, 0) is 37.2 Å². The van der Waals surface area contributed by atoms with Crippen LogP contribution in [0.5, 0.6) is 0 Å². The van der Waals surface area contributed by atoms with Crippen molar-refractivity contribution in [2.45, 2.75) is 50.7 Å². The lowest BCUT2D eigenvalue weighted by Gasteiger charge is -2.27. The number of halogens is 2. The Morgan fingerprint density at radius 1 is 1.08 bits per heavy atom. The van der Waals surface area contributed by atoms with E-state index in [-0.39, 0.29) is 24.8 Å². The topological polar surface area (TPSA) is 77.0 Å². The van der Waals surface area contributed by atoms with E-state index in [4.69, 9.17) is 10.3 Å². The number of nitrogens with two attached hydrogens (primary N) is 1. The summed E-state index contributed by atoms with van der Waals surface area (Å²) < 4.78 is 5.46. The number of nitrogens with zero attached hydrogens (tertiary/aromatic N) is 2. The lowest BCUT2D eigenvalue weighted by atomic mass is 9.90. The summed E-state index contributed by atoms with van der Waals surface area (Å²) in [5.41, 5.74) is 7.71. The van der Waals surface area contributed by atoms with Crippen molar-refractivity contribution < 1.29 is 4.52 Å². The average molecular weight is 371 g/mol. The molecule has 0 amide bonds. The number of hydrogen-bond acceptors (Lipinski definition) is 5. The minimum absolute atomic E-state index is 0. The van der Waals surface area contributed by atoms with Gasteiger partial charge in [-0.2, -0.15) is 4.98 Å². The molecule has 2 unspecified atom stereocenters. The molecule has 1 aromatic carbocycles. The Kier molecular flexibility index (Phi) is 6.63. The first-order chi connectivity index (χ1) is 10.8. The van der Waals surface area contributed by atoms with Gasteiger partial charge >= 0.3 is 0 Å². The number of hydrogen-bond donors (Lipinski definition) is 2. The molecule has 0 radical (unpaired) electrons. The summed E-state index contributed by atoms with van der Waals surface area (Å²) in [6, 6.07) is 9.43. The average Bonchev–Trinajstić information content (AvgIpc) is 3.14. The van der Waals surface area contributed by atoms with Gasteiger partial charge in [0.25, 0.3) is 0 Å². The third kappa shape index (κ3) is 4.09. The van der Waals surface area contributed by atoms with Crippen LogP contribution in [-0.2, 0) is 13.0 Å². The van der Waals surface area contributed by atoms with E-state index in [1.165, 1.54) is 25.7 Å². The summed E-state index contributed by atoms with van der Waals surface area (Å²) in [7, 11) is 0. The third-order valence-electron chi connectivity index (χ3n) is 4.95. The van der Waals surface area contributed by atoms with Crippen molar-refractivity contribution in [1.82, 2.24) is 15.5 Å². The van der Waals surface area contributed by atoms with Crippen molar-refractivity contribution in [3.63, 3.8) is 0 Å². The number of nitrogens with one attached hydrogen (secondary N) is 1. The van der Waals surface area contributed by atoms with E-state index >= 15 is 0 Å². The maximum absolute atomic E-state index is 5.62. The first-order valence-corrected chi connectivity index (χ1v) is 8.18. The molecule has 2 aliphatic rings. The zero-order chi connectivity index (χ0) is 14.9. The smallest absolute Gasteiger partial charge is 0.227 e. The fourth-order valence-electron chi connectivity index (χ4n) is 3.83. The van der Waals surface area contributed by atoms with Crippen LogP contribution in [-0.4, -0.2) is 22.2 Å². The zero-order valence-corrected chi connectivity index (χ0v) is 15.1. The summed E-state index contributed by atoms with van der Waals surface area (Å²) in [6.07, 6.45) is 6.02. The largest absolute Gasteiger partial charge is 0.339 e. The lowest BCUT2D eigenvalue weighted by molar-refractivity contribution is 0.270. The Bertz CT molecular complexity index is 634. The molecule has 24 heavy (non-hydrogen) atoms. The molecule has 0 spiro atoms. The van der Waals surface area contributed by atoms with Gasteiger partial charge in [-0.1, -0.05) is 29.4 Å². The first kappa shape index (κ1) is 19.2. The highest BCUT2D eigenvalue weighted by atomic mass is 35.5. The van der Waals surface area contributed by atoms with E-state index in [9.17, 15) is 0 Å². The van der Waals surface area contributed by atoms with Gasteiger partial charge < -0.3 is 15.6 Å². The third-order valence-corrected chi connectivity index (χ3v) is 4.95. The Hall–Kier alpha value is -1.14. The standard InChI is InChI=1S/C17H22N4O.2ClH/c18-10-11-1-3-13(4-2-11)17-20-16(22-21-17)9-12-7-14-5-6-15(8-12)19-14;;/h1-4,12,14-15,19H,5-10,18H2;2*1H. The quantitative estimate of drug-likeness (QED) is 0.864. The second kappa shape index (κ2) is 8.30. The molecule has 2 aromatic rings. The molecule has 5 nitrogen and oxygen atoms in total. The van der Waals surface area contributed by atoms with Crippen molar-refractivity contribution in [3.8, 4) is 11.4 Å². The van der Waals surface area contributed by atoms with Crippen molar-refractivity contribution in [2.75, 3.05) is 0 Å². The van der Waals surface area contributed by atoms with E-state index in [1.807, 2.05) is 24.3 Å². The molecule has 3 N–H and O–H groups in total. The monoisotopic (exact) mass is 370 g/mol. The Morgan fingerprint density at radius 3 is 2.38 bits per heavy atom. The molecule has 0 saturated carbocycles. The van der Waals surface area contributed by atoms with Crippen molar-refractivity contribution in [2.24, 2.45) is 11.7 Å². The summed E-state index contributed by atoms with van der Waals surface area (Å²) in [5, 5.41) is 7.80. The van der Waals surface area contributed by atoms with Crippen LogP contribution in [0.3, 0.4) is 0 Å². The van der Waals surface area contributed by atoms with Gasteiger partial charge in [0, 0.05) is 30.6 Å². The van der Waals surface area contributed by atoms with E-state index in [2.05, 4.69) is 15.5 Å². The Balaban J connectivity index is 0.00000104. The van der Waals surface area contributed by atoms with Gasteiger partial charge in [0.2, 0.25) is 11.7 Å². The van der Waals surface area contributed by atoms with Crippen molar-refractivity contribution in [1.29, 1.82) is 0 Å². The zero-order valence-electron chi connectivity index (χ0n) is 13.5. The number of benzene rings is 1. The van der Waals surface area contributed by atoms with Crippen LogP contribution in [0.15, 0.2) is 28.8 Å². The van der Waals surface area contributed by atoms with Gasteiger partial charge in [0.05, 0.1) is 0 Å². The van der Waals surface area contributed by atoms with Crippen LogP contribution < -0.4 is 11.1 Å². The predicted molar refractivity (Wildman–Crippen MR) is 98.5 cm³/mol. The molecular weight excluding hydrogens is 347 g/mol. The van der Waals surface area contributed by atoms with Crippen molar-refractivity contribution >= 4 is 24.8 Å². The van der Waals surface area contributed by atoms with Crippen LogP contribution in [0, 0.1) is 5.92 Å². The molecule has 2 fully saturated rings. The van der Waals surface area contributed by atoms with Gasteiger partial charge in [0.1, 0.15) is 0 Å². The van der Waals surface area contributed by atoms with Crippen LogP contribution in [0.2, 0.25) is 0 Å². The summed E-state index contributed by atoms with van der Waals surface area (Å²) in [6.45, 7) is 0.551. The molecule has 2 bridgehead atoms. The molecule has 2 aliphatic heterocycles. The number of piperidine rings is 1. The second-order valence-corrected chi connectivity index (χ2v) is 6.59. The molecule has 1 aromatic heterocycles. The van der Waals surface area contributed by atoms with Crippen LogP contribution in [0.4, 0.5) is 0 Å². The van der Waals surface area contributed by atoms with Crippen LogP contribution in [0.25, 0.3) is 11.4 Å². The summed E-state index contributed by atoms with van der Waals surface area (Å²) in [5.74, 6) is 2.12. The fourth-order valence-corrected chi connectivity index (χ4v) is 3.83. The van der Waals surface area contributed by atoms with E-state index in [0.29, 0.717) is 30.4 Å². The minimum Gasteiger partial charge on any atom is -0.339 e. The Morgan fingerprint density at radius 2 is 1.75 bits per heavy atom. The van der Waals surface area contributed by atoms with Crippen LogP contribution >= 0.6 is 24.8 Å². The molecule has 3 heterocycles. The predicted octanol–water partition coefficient (Wildman–Crippen LogP) is 3.11.